The van der Waals surface area contributed by atoms with Crippen LogP contribution in [0.5, 0.6) is 0 Å². The minimum Gasteiger partial charge on any atom is -0.121 e. The maximum absolute atomic E-state index is 5.90. The van der Waals surface area contributed by atoms with Gasteiger partial charge in [0.25, 0.3) is 0 Å². The third kappa shape index (κ3) is 3.51. The summed E-state index contributed by atoms with van der Waals surface area (Å²) in [6, 6.07) is 5.23. The molecule has 0 saturated heterocycles. The lowest BCUT2D eigenvalue weighted by Crippen LogP contribution is -2.30. The van der Waals surface area contributed by atoms with E-state index in [4.69, 9.17) is 33.2 Å². The average Bonchev–Trinajstić information content (AvgIpc) is 2.04. The third-order valence-electron chi connectivity index (χ3n) is 1.79. The highest BCUT2D eigenvalue weighted by molar-refractivity contribution is 7.69. The molecule has 0 aromatic heterocycles. The molecule has 0 aliphatic rings. The van der Waals surface area contributed by atoms with Gasteiger partial charge >= 0.3 is 6.00 Å². The lowest BCUT2D eigenvalue weighted by atomic mass is 10.1. The second-order valence-corrected chi connectivity index (χ2v) is 11.4. The molecule has 4 heteroatoms. The van der Waals surface area contributed by atoms with Gasteiger partial charge in [0, 0.05) is 0 Å². The zero-order valence-corrected chi connectivity index (χ0v) is 10.6. The number of hydrogen-bond acceptors (Lipinski definition) is 0. The Kier molecular flexibility index (Phi) is 4.11. The van der Waals surface area contributed by atoms with Crippen LogP contribution in [0.1, 0.15) is 18.9 Å². The fourth-order valence-electron chi connectivity index (χ4n) is 1.19. The first-order chi connectivity index (χ1) is 6.04. The van der Waals surface area contributed by atoms with E-state index < -0.39 is 6.00 Å². The summed E-state index contributed by atoms with van der Waals surface area (Å²) in [6.07, 6.45) is 2.16. The van der Waals surface area contributed by atoms with Gasteiger partial charge in [-0.2, -0.15) is 0 Å². The molecule has 0 radical (unpaired) electrons. The molecule has 0 aliphatic carbocycles. The summed E-state index contributed by atoms with van der Waals surface area (Å²) in [6.45, 7) is 2.14. The maximum Gasteiger partial charge on any atom is 0.372 e. The Hall–Kier alpha value is 0.307. The first kappa shape index (κ1) is 11.4. The zero-order valence-electron chi connectivity index (χ0n) is 7.36. The van der Waals surface area contributed by atoms with Crippen LogP contribution in [0.2, 0.25) is 0 Å². The van der Waals surface area contributed by atoms with Crippen LogP contribution < -0.4 is 5.19 Å². The largest absolute Gasteiger partial charge is 0.372 e. The molecule has 0 nitrogen and oxygen atoms in total. The zero-order chi connectivity index (χ0) is 9.90. The van der Waals surface area contributed by atoms with E-state index in [0.29, 0.717) is 0 Å². The van der Waals surface area contributed by atoms with Crippen molar-refractivity contribution in [2.75, 3.05) is 0 Å². The first-order valence-corrected chi connectivity index (χ1v) is 9.23. The molecule has 1 aromatic carbocycles. The SMILES string of the molecule is CCCc1cccc([Si](Cl)(Cl)Cl)c1. The molecule has 0 amide bonds. The van der Waals surface area contributed by atoms with Crippen LogP contribution in [0.4, 0.5) is 0 Å². The molecule has 1 rings (SSSR count). The van der Waals surface area contributed by atoms with Gasteiger partial charge in [-0.15, -0.1) is 33.2 Å². The summed E-state index contributed by atoms with van der Waals surface area (Å²) in [5.74, 6) is 0. The van der Waals surface area contributed by atoms with Crippen LogP contribution in [0.3, 0.4) is 0 Å². The van der Waals surface area contributed by atoms with Crippen molar-refractivity contribution >= 4 is 44.4 Å². The van der Waals surface area contributed by atoms with Gasteiger partial charge in [0.2, 0.25) is 0 Å². The number of rotatable bonds is 3. The Morgan fingerprint density at radius 2 is 1.92 bits per heavy atom. The minimum absolute atomic E-state index is 0.878. The third-order valence-corrected chi connectivity index (χ3v) is 4.72. The van der Waals surface area contributed by atoms with Crippen molar-refractivity contribution in [3.8, 4) is 0 Å². The standard InChI is InChI=1S/C9H11Cl3Si/c1-2-4-8-5-3-6-9(7-8)13(10,11)12/h3,5-7H,2,4H2,1H3. The molecule has 0 aliphatic heterocycles. The highest BCUT2D eigenvalue weighted by atomic mass is 35.8. The van der Waals surface area contributed by atoms with E-state index in [0.717, 1.165) is 18.0 Å². The van der Waals surface area contributed by atoms with Crippen molar-refractivity contribution in [2.45, 2.75) is 19.8 Å². The van der Waals surface area contributed by atoms with Crippen LogP contribution >= 0.6 is 33.2 Å². The minimum atomic E-state index is -2.68. The summed E-state index contributed by atoms with van der Waals surface area (Å²) in [5.41, 5.74) is 1.25. The maximum atomic E-state index is 5.90. The van der Waals surface area contributed by atoms with Gasteiger partial charge in [0.1, 0.15) is 0 Å². The predicted octanol–water partition coefficient (Wildman–Crippen LogP) is 3.50. The highest BCUT2D eigenvalue weighted by Crippen LogP contribution is 2.20. The Bertz CT molecular complexity index is 280. The van der Waals surface area contributed by atoms with Crippen molar-refractivity contribution in [3.63, 3.8) is 0 Å². The fraction of sp³-hybridized carbons (Fsp3) is 0.333. The fourth-order valence-corrected chi connectivity index (χ4v) is 2.88. The molecule has 0 bridgehead atoms. The van der Waals surface area contributed by atoms with E-state index in [9.17, 15) is 0 Å². The van der Waals surface area contributed by atoms with Crippen LogP contribution in [-0.4, -0.2) is 6.00 Å². The molecular formula is C9H11Cl3Si. The number of benzene rings is 1. The molecule has 0 saturated carbocycles. The lowest BCUT2D eigenvalue weighted by Gasteiger charge is -2.09. The average molecular weight is 254 g/mol. The van der Waals surface area contributed by atoms with E-state index in [1.807, 2.05) is 18.2 Å². The van der Waals surface area contributed by atoms with Gasteiger partial charge in [-0.3, -0.25) is 0 Å². The summed E-state index contributed by atoms with van der Waals surface area (Å²) in [5, 5.41) is 0.878. The lowest BCUT2D eigenvalue weighted by molar-refractivity contribution is 0.923. The van der Waals surface area contributed by atoms with Gasteiger partial charge in [-0.25, -0.2) is 0 Å². The molecule has 0 N–H and O–H groups in total. The van der Waals surface area contributed by atoms with Crippen molar-refractivity contribution in [3.05, 3.63) is 29.8 Å². The molecular weight excluding hydrogens is 243 g/mol. The quantitative estimate of drug-likeness (QED) is 0.571. The Labute approximate surface area is 93.9 Å². The molecule has 0 fully saturated rings. The van der Waals surface area contributed by atoms with Gasteiger partial charge in [0.05, 0.1) is 0 Å². The topological polar surface area (TPSA) is 0 Å². The van der Waals surface area contributed by atoms with Crippen molar-refractivity contribution in [2.24, 2.45) is 0 Å². The second-order valence-electron chi connectivity index (χ2n) is 2.95. The number of aryl methyl sites for hydroxylation is 1. The smallest absolute Gasteiger partial charge is 0.121 e. The first-order valence-electron chi connectivity index (χ1n) is 4.20. The molecule has 1 aromatic rings. The number of hydrogen-bond donors (Lipinski definition) is 0. The van der Waals surface area contributed by atoms with Crippen LogP contribution in [-0.2, 0) is 6.42 Å². The van der Waals surface area contributed by atoms with E-state index in [1.54, 1.807) is 0 Å². The van der Waals surface area contributed by atoms with E-state index in [1.165, 1.54) is 5.56 Å². The van der Waals surface area contributed by atoms with Crippen LogP contribution in [0.25, 0.3) is 0 Å². The molecule has 72 valence electrons. The van der Waals surface area contributed by atoms with E-state index in [-0.39, 0.29) is 0 Å². The molecule has 0 atom stereocenters. The number of halogens is 3. The van der Waals surface area contributed by atoms with E-state index in [2.05, 4.69) is 13.0 Å². The molecule has 0 unspecified atom stereocenters. The normalized spacial score (nSPS) is 11.7. The van der Waals surface area contributed by atoms with Crippen molar-refractivity contribution in [1.29, 1.82) is 0 Å². The van der Waals surface area contributed by atoms with Crippen molar-refractivity contribution in [1.82, 2.24) is 0 Å². The predicted molar refractivity (Wildman–Crippen MR) is 63.4 cm³/mol. The van der Waals surface area contributed by atoms with Crippen molar-refractivity contribution < 1.29 is 0 Å². The van der Waals surface area contributed by atoms with Gasteiger partial charge < -0.3 is 0 Å². The highest BCUT2D eigenvalue weighted by Gasteiger charge is 2.27. The van der Waals surface area contributed by atoms with E-state index >= 15 is 0 Å². The second kappa shape index (κ2) is 4.69. The molecule has 13 heavy (non-hydrogen) atoms. The van der Waals surface area contributed by atoms with Gasteiger partial charge in [0.15, 0.2) is 0 Å². The summed E-state index contributed by atoms with van der Waals surface area (Å²) in [7, 11) is 0. The summed E-state index contributed by atoms with van der Waals surface area (Å²) < 4.78 is 0. The van der Waals surface area contributed by atoms with Gasteiger partial charge in [-0.05, 0) is 17.2 Å². The Morgan fingerprint density at radius 1 is 1.23 bits per heavy atom. The van der Waals surface area contributed by atoms with Crippen LogP contribution in [0.15, 0.2) is 24.3 Å². The Balaban J connectivity index is 2.92. The molecule has 0 heterocycles. The monoisotopic (exact) mass is 252 g/mol. The molecule has 0 spiro atoms. The summed E-state index contributed by atoms with van der Waals surface area (Å²) in [4.78, 5) is 0. The van der Waals surface area contributed by atoms with Gasteiger partial charge in [-0.1, -0.05) is 37.6 Å². The summed E-state index contributed by atoms with van der Waals surface area (Å²) >= 11 is 17.7. The van der Waals surface area contributed by atoms with Crippen LogP contribution in [0, 0.1) is 0 Å². The Morgan fingerprint density at radius 3 is 2.46 bits per heavy atom.